The zero-order valence-corrected chi connectivity index (χ0v) is 20.4. The molecule has 3 aromatic rings. The lowest BCUT2D eigenvalue weighted by Gasteiger charge is -2.42. The number of aryl methyl sites for hydroxylation is 1. The summed E-state index contributed by atoms with van der Waals surface area (Å²) in [6.07, 6.45) is 4.18. The Bertz CT molecular complexity index is 1090. The minimum Gasteiger partial charge on any atom is -0.370 e. The molecular formula is C27H36N4O2. The normalized spacial score (nSPS) is 21.1. The minimum absolute atomic E-state index is 0.0769. The zero-order chi connectivity index (χ0) is 23.5. The molecule has 6 heteroatoms. The molecule has 1 fully saturated rings. The Morgan fingerprint density at radius 2 is 1.88 bits per heavy atom. The first kappa shape index (κ1) is 23.5. The predicted octanol–water partition coefficient (Wildman–Crippen LogP) is 5.41. The van der Waals surface area contributed by atoms with Gasteiger partial charge in [0, 0.05) is 24.3 Å². The van der Waals surface area contributed by atoms with Crippen LogP contribution in [-0.4, -0.2) is 45.6 Å². The van der Waals surface area contributed by atoms with E-state index >= 15 is 0 Å². The maximum Gasteiger partial charge on any atom is 0.255 e. The van der Waals surface area contributed by atoms with Crippen molar-refractivity contribution in [1.29, 1.82) is 0 Å². The summed E-state index contributed by atoms with van der Waals surface area (Å²) in [7, 11) is 1.94. The van der Waals surface area contributed by atoms with Gasteiger partial charge in [0.25, 0.3) is 5.91 Å². The van der Waals surface area contributed by atoms with Crippen LogP contribution in [0.25, 0.3) is 11.0 Å². The van der Waals surface area contributed by atoms with Crippen LogP contribution in [0.5, 0.6) is 0 Å². The van der Waals surface area contributed by atoms with Crippen molar-refractivity contribution in [1.82, 2.24) is 14.5 Å². The fraction of sp³-hybridized carbons (Fsp3) is 0.481. The zero-order valence-electron chi connectivity index (χ0n) is 20.4. The lowest BCUT2D eigenvalue weighted by Crippen LogP contribution is -2.44. The molecular weight excluding hydrogens is 412 g/mol. The van der Waals surface area contributed by atoms with Gasteiger partial charge in [-0.1, -0.05) is 39.8 Å². The molecule has 1 N–H and O–H groups in total. The highest BCUT2D eigenvalue weighted by molar-refractivity contribution is 6.05. The van der Waals surface area contributed by atoms with Crippen LogP contribution >= 0.6 is 0 Å². The number of rotatable bonds is 7. The number of fused-ring (bicyclic) bond motifs is 1. The number of hydrogen-bond acceptors (Lipinski definition) is 4. The molecule has 2 aromatic carbocycles. The van der Waals surface area contributed by atoms with Crippen molar-refractivity contribution in [3.63, 3.8) is 0 Å². The summed E-state index contributed by atoms with van der Waals surface area (Å²) < 4.78 is 8.46. The number of carbonyl (C=O) groups is 1. The third-order valence-electron chi connectivity index (χ3n) is 6.93. The molecule has 0 saturated carbocycles. The lowest BCUT2D eigenvalue weighted by atomic mass is 9.89. The molecule has 0 spiro atoms. The van der Waals surface area contributed by atoms with E-state index in [9.17, 15) is 4.79 Å². The van der Waals surface area contributed by atoms with Gasteiger partial charge < -0.3 is 19.5 Å². The Labute approximate surface area is 196 Å². The average Bonchev–Trinajstić information content (AvgIpc) is 3.20. The average molecular weight is 449 g/mol. The summed E-state index contributed by atoms with van der Waals surface area (Å²) in [4.78, 5) is 19.7. The van der Waals surface area contributed by atoms with Gasteiger partial charge in [0.2, 0.25) is 0 Å². The van der Waals surface area contributed by atoms with E-state index in [-0.39, 0.29) is 18.1 Å². The van der Waals surface area contributed by atoms with Crippen LogP contribution in [0.15, 0.2) is 48.8 Å². The topological polar surface area (TPSA) is 59.4 Å². The van der Waals surface area contributed by atoms with Crippen LogP contribution < -0.4 is 5.32 Å². The van der Waals surface area contributed by atoms with E-state index in [0.29, 0.717) is 17.5 Å². The predicted molar refractivity (Wildman–Crippen MR) is 134 cm³/mol. The number of anilines is 1. The van der Waals surface area contributed by atoms with Crippen LogP contribution in [0.2, 0.25) is 0 Å². The van der Waals surface area contributed by atoms with E-state index in [1.807, 2.05) is 41.9 Å². The Balaban J connectivity index is 1.46. The van der Waals surface area contributed by atoms with Gasteiger partial charge in [-0.3, -0.25) is 4.79 Å². The summed E-state index contributed by atoms with van der Waals surface area (Å²) in [6, 6.07) is 14.2. The van der Waals surface area contributed by atoms with Crippen molar-refractivity contribution in [3.05, 3.63) is 59.9 Å². The van der Waals surface area contributed by atoms with Gasteiger partial charge in [0.1, 0.15) is 0 Å². The van der Waals surface area contributed by atoms with Crippen LogP contribution in [0.3, 0.4) is 0 Å². The van der Waals surface area contributed by atoms with E-state index in [1.165, 1.54) is 5.56 Å². The van der Waals surface area contributed by atoms with Crippen LogP contribution in [-0.2, 0) is 11.8 Å². The molecule has 4 rings (SSSR count). The monoisotopic (exact) mass is 448 g/mol. The number of nitrogens with zero attached hydrogens (tertiary/aromatic N) is 3. The van der Waals surface area contributed by atoms with Crippen LogP contribution in [0, 0.1) is 5.92 Å². The fourth-order valence-corrected chi connectivity index (χ4v) is 4.88. The van der Waals surface area contributed by atoms with Crippen molar-refractivity contribution < 1.29 is 9.53 Å². The third-order valence-corrected chi connectivity index (χ3v) is 6.93. The maximum absolute atomic E-state index is 12.8. The van der Waals surface area contributed by atoms with Gasteiger partial charge >= 0.3 is 0 Å². The molecule has 1 amide bonds. The molecule has 1 aliphatic rings. The number of amides is 1. The van der Waals surface area contributed by atoms with Gasteiger partial charge in [-0.15, -0.1) is 0 Å². The van der Waals surface area contributed by atoms with Crippen molar-refractivity contribution in [2.45, 2.75) is 58.8 Å². The highest BCUT2D eigenvalue weighted by Crippen LogP contribution is 2.36. The van der Waals surface area contributed by atoms with Crippen molar-refractivity contribution in [2.75, 3.05) is 18.4 Å². The summed E-state index contributed by atoms with van der Waals surface area (Å²) in [5, 5.41) is 3.01. The number of benzene rings is 2. The largest absolute Gasteiger partial charge is 0.370 e. The Hall–Kier alpha value is -2.70. The van der Waals surface area contributed by atoms with Crippen molar-refractivity contribution in [2.24, 2.45) is 13.0 Å². The van der Waals surface area contributed by atoms with Crippen LogP contribution in [0.4, 0.5) is 5.69 Å². The first-order valence-electron chi connectivity index (χ1n) is 12.1. The number of hydrogen-bond donors (Lipinski definition) is 1. The van der Waals surface area contributed by atoms with E-state index in [1.54, 1.807) is 6.33 Å². The summed E-state index contributed by atoms with van der Waals surface area (Å²) in [5.41, 5.74) is 4.37. The minimum atomic E-state index is -0.134. The Kier molecular flexibility index (Phi) is 7.15. The van der Waals surface area contributed by atoms with E-state index in [4.69, 9.17) is 4.74 Å². The molecule has 1 saturated heterocycles. The number of aromatic nitrogens is 2. The van der Waals surface area contributed by atoms with Gasteiger partial charge in [-0.25, -0.2) is 4.98 Å². The SMILES string of the molecule is CCN(CC)[C@H]1C[C@@H](c2ccc(NC(=O)c3ccc4c(c3)ncn4C)cc2)O[C@@H](C(C)C)C1. The number of imidazole rings is 1. The molecule has 0 aliphatic carbocycles. The van der Waals surface area contributed by atoms with E-state index in [0.717, 1.165) is 42.7 Å². The molecule has 0 radical (unpaired) electrons. The molecule has 6 nitrogen and oxygen atoms in total. The van der Waals surface area contributed by atoms with E-state index in [2.05, 4.69) is 55.0 Å². The highest BCUT2D eigenvalue weighted by atomic mass is 16.5. The van der Waals surface area contributed by atoms with Gasteiger partial charge in [0.05, 0.1) is 29.6 Å². The first-order valence-corrected chi connectivity index (χ1v) is 12.1. The second-order valence-corrected chi connectivity index (χ2v) is 9.39. The molecule has 0 bridgehead atoms. The lowest BCUT2D eigenvalue weighted by molar-refractivity contribution is -0.101. The second-order valence-electron chi connectivity index (χ2n) is 9.39. The molecule has 0 unspecified atom stereocenters. The van der Waals surface area contributed by atoms with Crippen molar-refractivity contribution >= 4 is 22.6 Å². The highest BCUT2D eigenvalue weighted by Gasteiger charge is 2.34. The molecule has 1 aliphatic heterocycles. The first-order chi connectivity index (χ1) is 15.9. The molecule has 176 valence electrons. The smallest absolute Gasteiger partial charge is 0.255 e. The number of carbonyl (C=O) groups excluding carboxylic acids is 1. The number of ether oxygens (including phenoxy) is 1. The third kappa shape index (κ3) is 5.12. The van der Waals surface area contributed by atoms with Gasteiger partial charge in [0.15, 0.2) is 0 Å². The summed E-state index contributed by atoms with van der Waals surface area (Å²) >= 11 is 0. The number of nitrogens with one attached hydrogen (secondary N) is 1. The molecule has 2 heterocycles. The second kappa shape index (κ2) is 10.1. The maximum atomic E-state index is 12.8. The van der Waals surface area contributed by atoms with Gasteiger partial charge in [-0.05, 0) is 67.7 Å². The standard InChI is InChI=1S/C27H36N4O2/c1-6-31(7-2)22-15-25(18(3)4)33-26(16-22)19-8-11-21(12-9-19)29-27(32)20-10-13-24-23(14-20)28-17-30(24)5/h8-14,17-18,22,25-26H,6-7,15-16H2,1-5H3,(H,29,32)/t22-,25-,26+/m1/s1. The Morgan fingerprint density at radius 3 is 2.55 bits per heavy atom. The molecule has 1 aromatic heterocycles. The quantitative estimate of drug-likeness (QED) is 0.525. The van der Waals surface area contributed by atoms with Crippen LogP contribution in [0.1, 0.15) is 62.6 Å². The van der Waals surface area contributed by atoms with Gasteiger partial charge in [-0.2, -0.15) is 0 Å². The molecule has 3 atom stereocenters. The summed E-state index contributed by atoms with van der Waals surface area (Å²) in [5.74, 6) is 0.353. The Morgan fingerprint density at radius 1 is 1.15 bits per heavy atom. The summed E-state index contributed by atoms with van der Waals surface area (Å²) in [6.45, 7) is 11.1. The van der Waals surface area contributed by atoms with E-state index < -0.39 is 0 Å². The van der Waals surface area contributed by atoms with Crippen molar-refractivity contribution in [3.8, 4) is 0 Å². The molecule has 33 heavy (non-hydrogen) atoms. The fourth-order valence-electron chi connectivity index (χ4n) is 4.88.